The number of carbonyl (C=O) groups excluding carboxylic acids is 6. The van der Waals surface area contributed by atoms with E-state index in [9.17, 15) is 28.8 Å². The maximum Gasteiger partial charge on any atom is 0.220 e. The van der Waals surface area contributed by atoms with Gasteiger partial charge in [-0.2, -0.15) is 0 Å². The standard InChI is InChI=1S/C10H21NO.C9H19NO.C8H17NO.C7H15NO.C6H13NO.C5H11NO/c1-4-5-6-7-8-10(12)11-9(2)3;1-4-5-6-7-9(11)10-8(2)3;1-4-5-6-8(10)9-7(2)3;1-4-5-7(9)8-6(2)3;1-4-6(8)7-5(2)3;1-4(2)6-5(3)7/h9H,4-8H2,1-3H3,(H,11,12);8H,4-7H2,1-3H3,(H,10,11);7H,4-6H2,1-3H3,(H,9,10);6H,4-5H2,1-3H3,(H,8,9);5H,4H2,1-3H3,(H,7,8);4H,1-3H3,(H,6,7). The summed E-state index contributed by atoms with van der Waals surface area (Å²) in [6.07, 6.45) is 14.3. The molecular formula is C45H96N6O6. The molecule has 0 radical (unpaired) electrons. The highest BCUT2D eigenvalue weighted by atomic mass is 16.2. The van der Waals surface area contributed by atoms with Gasteiger partial charge in [0.05, 0.1) is 0 Å². The second-order valence-corrected chi connectivity index (χ2v) is 15.9. The van der Waals surface area contributed by atoms with Crippen LogP contribution < -0.4 is 31.9 Å². The Morgan fingerprint density at radius 2 is 0.579 bits per heavy atom. The third-order valence-electron chi connectivity index (χ3n) is 6.56. The number of carbonyl (C=O) groups is 6. The zero-order chi connectivity index (χ0) is 45.8. The van der Waals surface area contributed by atoms with Crippen molar-refractivity contribution >= 4 is 35.4 Å². The fourth-order valence-electron chi connectivity index (χ4n) is 4.22. The predicted octanol–water partition coefficient (Wildman–Crippen LogP) is 9.04. The third kappa shape index (κ3) is 81.9. The van der Waals surface area contributed by atoms with Crippen LogP contribution in [0.5, 0.6) is 0 Å². The molecule has 0 spiro atoms. The van der Waals surface area contributed by atoms with Crippen LogP contribution in [0.2, 0.25) is 0 Å². The monoisotopic (exact) mass is 817 g/mol. The lowest BCUT2D eigenvalue weighted by Crippen LogP contribution is -2.29. The number of nitrogens with one attached hydrogen (secondary N) is 6. The van der Waals surface area contributed by atoms with Crippen LogP contribution in [-0.2, 0) is 28.8 Å². The van der Waals surface area contributed by atoms with Gasteiger partial charge in [-0.3, -0.25) is 28.8 Å². The van der Waals surface area contributed by atoms with E-state index in [0.717, 1.165) is 38.5 Å². The summed E-state index contributed by atoms with van der Waals surface area (Å²) in [5.74, 6) is 0.883. The summed E-state index contributed by atoms with van der Waals surface area (Å²) < 4.78 is 0. The Balaban J connectivity index is -0.000000138. The van der Waals surface area contributed by atoms with Crippen LogP contribution in [0, 0.1) is 0 Å². The minimum Gasteiger partial charge on any atom is -0.354 e. The van der Waals surface area contributed by atoms with Crippen molar-refractivity contribution in [2.75, 3.05) is 0 Å². The van der Waals surface area contributed by atoms with Gasteiger partial charge in [-0.15, -0.1) is 0 Å². The van der Waals surface area contributed by atoms with E-state index in [1.165, 1.54) is 32.6 Å². The Hall–Kier alpha value is -3.18. The molecule has 0 unspecified atom stereocenters. The zero-order valence-corrected chi connectivity index (χ0v) is 40.5. The van der Waals surface area contributed by atoms with Gasteiger partial charge in [0.25, 0.3) is 0 Å². The Kier molecular flexibility index (Phi) is 56.4. The van der Waals surface area contributed by atoms with Crippen LogP contribution in [0.3, 0.4) is 0 Å². The minimum absolute atomic E-state index is 0.0370. The van der Waals surface area contributed by atoms with Gasteiger partial charge in [0, 0.05) is 75.3 Å². The maximum atomic E-state index is 11.1. The number of hydrogen-bond donors (Lipinski definition) is 6. The summed E-state index contributed by atoms with van der Waals surface area (Å²) in [6.45, 7) is 35.4. The largest absolute Gasteiger partial charge is 0.354 e. The first-order valence-corrected chi connectivity index (χ1v) is 22.2. The van der Waals surface area contributed by atoms with E-state index in [0.29, 0.717) is 32.1 Å². The lowest BCUT2D eigenvalue weighted by atomic mass is 10.1. The highest BCUT2D eigenvalue weighted by molar-refractivity contribution is 5.77. The van der Waals surface area contributed by atoms with Gasteiger partial charge in [0.15, 0.2) is 0 Å². The molecule has 342 valence electrons. The molecule has 0 rings (SSSR count). The fraction of sp³-hybridized carbons (Fsp3) is 0.867. The lowest BCUT2D eigenvalue weighted by molar-refractivity contribution is -0.122. The van der Waals surface area contributed by atoms with Crippen LogP contribution in [0.1, 0.15) is 221 Å². The zero-order valence-electron chi connectivity index (χ0n) is 40.5. The van der Waals surface area contributed by atoms with Gasteiger partial charge in [-0.1, -0.05) is 73.1 Å². The van der Waals surface area contributed by atoms with Gasteiger partial charge < -0.3 is 31.9 Å². The molecule has 0 aliphatic rings. The van der Waals surface area contributed by atoms with Gasteiger partial charge in [0.2, 0.25) is 35.4 Å². The average Bonchev–Trinajstić information content (AvgIpc) is 3.05. The number of rotatable bonds is 21. The second-order valence-electron chi connectivity index (χ2n) is 15.9. The van der Waals surface area contributed by atoms with E-state index in [1.54, 1.807) is 0 Å². The highest BCUT2D eigenvalue weighted by Gasteiger charge is 2.03. The third-order valence-corrected chi connectivity index (χ3v) is 6.56. The van der Waals surface area contributed by atoms with Crippen molar-refractivity contribution in [3.8, 4) is 0 Å². The fourth-order valence-corrected chi connectivity index (χ4v) is 4.22. The molecule has 57 heavy (non-hydrogen) atoms. The lowest BCUT2D eigenvalue weighted by Gasteiger charge is -2.07. The van der Waals surface area contributed by atoms with Crippen molar-refractivity contribution in [1.82, 2.24) is 31.9 Å². The summed E-state index contributed by atoms with van der Waals surface area (Å²) in [7, 11) is 0. The molecule has 0 aliphatic heterocycles. The van der Waals surface area contributed by atoms with Crippen molar-refractivity contribution in [3.05, 3.63) is 0 Å². The summed E-state index contributed by atoms with van der Waals surface area (Å²) in [5.41, 5.74) is 0. The first-order valence-electron chi connectivity index (χ1n) is 22.2. The van der Waals surface area contributed by atoms with Gasteiger partial charge >= 0.3 is 0 Å². The second kappa shape index (κ2) is 49.0. The molecule has 0 atom stereocenters. The Morgan fingerprint density at radius 1 is 0.316 bits per heavy atom. The average molecular weight is 817 g/mol. The first-order chi connectivity index (χ1) is 26.4. The highest BCUT2D eigenvalue weighted by Crippen LogP contribution is 2.02. The molecule has 0 heterocycles. The van der Waals surface area contributed by atoms with Crippen molar-refractivity contribution in [3.63, 3.8) is 0 Å². The van der Waals surface area contributed by atoms with Gasteiger partial charge in [0.1, 0.15) is 0 Å². The van der Waals surface area contributed by atoms with Crippen LogP contribution in [0.15, 0.2) is 0 Å². The summed E-state index contributed by atoms with van der Waals surface area (Å²) >= 11 is 0. The number of hydrogen-bond acceptors (Lipinski definition) is 6. The summed E-state index contributed by atoms with van der Waals surface area (Å²) in [4.78, 5) is 64.4. The SMILES string of the molecule is CC(=O)NC(C)C.CCC(=O)NC(C)C.CCCC(=O)NC(C)C.CCCCC(=O)NC(C)C.CCCCCC(=O)NC(C)C.CCCCCCC(=O)NC(C)C. The first kappa shape index (κ1) is 65.7. The molecule has 0 bridgehead atoms. The molecular weight excluding hydrogens is 721 g/mol. The minimum atomic E-state index is 0.0370. The smallest absolute Gasteiger partial charge is 0.220 e. The Bertz CT molecular complexity index is 953. The van der Waals surface area contributed by atoms with E-state index in [4.69, 9.17) is 0 Å². The molecule has 0 aromatic rings. The predicted molar refractivity (Wildman–Crippen MR) is 243 cm³/mol. The van der Waals surface area contributed by atoms with Crippen LogP contribution in [0.25, 0.3) is 0 Å². The quantitative estimate of drug-likeness (QED) is 0.0631. The van der Waals surface area contributed by atoms with Crippen molar-refractivity contribution in [2.45, 2.75) is 257 Å². The van der Waals surface area contributed by atoms with Gasteiger partial charge in [-0.05, 0) is 109 Å². The van der Waals surface area contributed by atoms with E-state index < -0.39 is 0 Å². The van der Waals surface area contributed by atoms with Crippen molar-refractivity contribution in [2.24, 2.45) is 0 Å². The number of unbranched alkanes of at least 4 members (excludes halogenated alkanes) is 6. The van der Waals surface area contributed by atoms with E-state index in [2.05, 4.69) is 52.7 Å². The molecule has 0 aromatic carbocycles. The van der Waals surface area contributed by atoms with Crippen molar-refractivity contribution < 1.29 is 28.8 Å². The van der Waals surface area contributed by atoms with E-state index in [1.807, 2.05) is 96.9 Å². The molecule has 0 fully saturated rings. The molecule has 12 heteroatoms. The van der Waals surface area contributed by atoms with Crippen LogP contribution in [-0.4, -0.2) is 71.7 Å². The maximum absolute atomic E-state index is 11.1. The molecule has 0 aromatic heterocycles. The Labute approximate surface area is 352 Å². The number of amides is 6. The molecule has 6 amide bonds. The van der Waals surface area contributed by atoms with Crippen LogP contribution >= 0.6 is 0 Å². The summed E-state index contributed by atoms with van der Waals surface area (Å²) in [5, 5.41) is 16.8. The molecule has 0 saturated heterocycles. The summed E-state index contributed by atoms with van der Waals surface area (Å²) in [6, 6.07) is 1.68. The molecule has 0 aliphatic carbocycles. The van der Waals surface area contributed by atoms with E-state index >= 15 is 0 Å². The van der Waals surface area contributed by atoms with Crippen LogP contribution in [0.4, 0.5) is 0 Å². The molecule has 6 N–H and O–H groups in total. The van der Waals surface area contributed by atoms with E-state index in [-0.39, 0.29) is 71.7 Å². The molecule has 12 nitrogen and oxygen atoms in total. The Morgan fingerprint density at radius 3 is 0.807 bits per heavy atom. The van der Waals surface area contributed by atoms with Gasteiger partial charge in [-0.25, -0.2) is 0 Å². The normalized spacial score (nSPS) is 9.89. The molecule has 0 saturated carbocycles. The van der Waals surface area contributed by atoms with Crippen molar-refractivity contribution in [1.29, 1.82) is 0 Å². The topological polar surface area (TPSA) is 175 Å².